The molecule has 3 rings (SSSR count). The van der Waals surface area contributed by atoms with Gasteiger partial charge in [-0.15, -0.1) is 0 Å². The third kappa shape index (κ3) is 5.23. The van der Waals surface area contributed by atoms with Crippen molar-refractivity contribution < 1.29 is 9.53 Å². The fraction of sp³-hybridized carbons (Fsp3) is 0.842. The Kier molecular flexibility index (Phi) is 6.37. The molecular weight excluding hydrogens is 288 g/mol. The predicted molar refractivity (Wildman–Crippen MR) is 92.4 cm³/mol. The van der Waals surface area contributed by atoms with Crippen molar-refractivity contribution in [1.82, 2.24) is 10.2 Å². The number of ether oxygens (including phenoxy) is 1. The zero-order chi connectivity index (χ0) is 15.9. The molecule has 1 aliphatic heterocycles. The lowest BCUT2D eigenvalue weighted by Crippen LogP contribution is -2.49. The Morgan fingerprint density at radius 2 is 1.91 bits per heavy atom. The first-order valence-electron chi connectivity index (χ1n) is 9.63. The molecule has 0 aromatic carbocycles. The van der Waals surface area contributed by atoms with Crippen molar-refractivity contribution in [1.29, 1.82) is 0 Å². The summed E-state index contributed by atoms with van der Waals surface area (Å²) in [6.45, 7) is 2.50. The molecule has 0 radical (unpaired) electrons. The van der Waals surface area contributed by atoms with Crippen molar-refractivity contribution in [2.45, 2.75) is 76.4 Å². The lowest BCUT2D eigenvalue weighted by molar-refractivity contribution is 0.0755. The van der Waals surface area contributed by atoms with Gasteiger partial charge in [-0.3, -0.25) is 0 Å². The highest BCUT2D eigenvalue weighted by Crippen LogP contribution is 2.22. The maximum absolute atomic E-state index is 12.8. The maximum Gasteiger partial charge on any atom is 0.317 e. The second-order valence-electron chi connectivity index (χ2n) is 7.47. The van der Waals surface area contributed by atoms with Crippen molar-refractivity contribution in [2.75, 3.05) is 19.7 Å². The van der Waals surface area contributed by atoms with Gasteiger partial charge in [0.15, 0.2) is 0 Å². The molecule has 130 valence electrons. The summed E-state index contributed by atoms with van der Waals surface area (Å²) in [4.78, 5) is 14.9. The summed E-state index contributed by atoms with van der Waals surface area (Å²) in [6, 6.07) is 0.524. The van der Waals surface area contributed by atoms with Gasteiger partial charge in [0.2, 0.25) is 0 Å². The Hall–Kier alpha value is -1.03. The molecule has 1 saturated carbocycles. The van der Waals surface area contributed by atoms with Crippen LogP contribution < -0.4 is 5.32 Å². The topological polar surface area (TPSA) is 41.6 Å². The predicted octanol–water partition coefficient (Wildman–Crippen LogP) is 3.87. The van der Waals surface area contributed by atoms with Crippen molar-refractivity contribution >= 4 is 6.03 Å². The van der Waals surface area contributed by atoms with Crippen LogP contribution in [0.1, 0.15) is 64.2 Å². The minimum absolute atomic E-state index is 0.141. The number of hydrogen-bond acceptors (Lipinski definition) is 2. The van der Waals surface area contributed by atoms with E-state index in [2.05, 4.69) is 22.4 Å². The number of urea groups is 1. The summed E-state index contributed by atoms with van der Waals surface area (Å²) in [5, 5.41) is 3.30. The van der Waals surface area contributed by atoms with Crippen LogP contribution in [0, 0.1) is 5.92 Å². The van der Waals surface area contributed by atoms with Crippen LogP contribution >= 0.6 is 0 Å². The van der Waals surface area contributed by atoms with Gasteiger partial charge in [0, 0.05) is 25.7 Å². The number of nitrogens with one attached hydrogen (secondary N) is 1. The Balaban J connectivity index is 1.55. The molecule has 2 amide bonds. The summed E-state index contributed by atoms with van der Waals surface area (Å²) >= 11 is 0. The highest BCUT2D eigenvalue weighted by Gasteiger charge is 2.26. The van der Waals surface area contributed by atoms with Gasteiger partial charge in [0.05, 0.1) is 6.10 Å². The van der Waals surface area contributed by atoms with Gasteiger partial charge in [-0.1, -0.05) is 31.4 Å². The zero-order valence-corrected chi connectivity index (χ0v) is 14.3. The van der Waals surface area contributed by atoms with Crippen molar-refractivity contribution in [3.8, 4) is 0 Å². The molecular formula is C19H32N2O2. The lowest BCUT2D eigenvalue weighted by atomic mass is 9.93. The van der Waals surface area contributed by atoms with E-state index in [1.54, 1.807) is 0 Å². The Bertz CT molecular complexity index is 398. The third-order valence-electron chi connectivity index (χ3n) is 5.52. The molecule has 0 aromatic heterocycles. The number of allylic oxidation sites excluding steroid dienone is 2. The van der Waals surface area contributed by atoms with E-state index in [1.165, 1.54) is 25.7 Å². The number of rotatable bonds is 5. The summed E-state index contributed by atoms with van der Waals surface area (Å²) in [6.07, 6.45) is 16.6. The molecule has 1 N–H and O–H groups in total. The number of carbonyl (C=O) groups is 1. The molecule has 0 spiro atoms. The minimum Gasteiger partial charge on any atom is -0.376 e. The highest BCUT2D eigenvalue weighted by molar-refractivity contribution is 5.74. The van der Waals surface area contributed by atoms with Crippen LogP contribution in [0.2, 0.25) is 0 Å². The highest BCUT2D eigenvalue weighted by atomic mass is 16.5. The summed E-state index contributed by atoms with van der Waals surface area (Å²) in [5.41, 5.74) is 0. The maximum atomic E-state index is 12.8. The van der Waals surface area contributed by atoms with E-state index in [0.717, 1.165) is 58.2 Å². The van der Waals surface area contributed by atoms with E-state index in [1.807, 2.05) is 0 Å². The average Bonchev–Trinajstić information content (AvgIpc) is 3.09. The Morgan fingerprint density at radius 3 is 2.61 bits per heavy atom. The summed E-state index contributed by atoms with van der Waals surface area (Å²) in [5.74, 6) is 0.610. The van der Waals surface area contributed by atoms with Crippen molar-refractivity contribution in [2.24, 2.45) is 5.92 Å². The van der Waals surface area contributed by atoms with Gasteiger partial charge in [0.25, 0.3) is 0 Å². The molecule has 1 heterocycles. The standard InChI is InChI=1S/C19H32N2O2/c22-19(20-17-10-5-2-6-11-17)21(15-18-12-7-13-23-18)14-16-8-3-1-4-9-16/h1,3,16-18H,2,4-15H2,(H,20,22)/t16-,18+/m1/s1. The van der Waals surface area contributed by atoms with Crippen molar-refractivity contribution in [3.05, 3.63) is 12.2 Å². The molecule has 2 aliphatic carbocycles. The summed E-state index contributed by atoms with van der Waals surface area (Å²) in [7, 11) is 0. The summed E-state index contributed by atoms with van der Waals surface area (Å²) < 4.78 is 5.78. The van der Waals surface area contributed by atoms with Crippen LogP contribution in [0.5, 0.6) is 0 Å². The Morgan fingerprint density at radius 1 is 1.04 bits per heavy atom. The number of amides is 2. The smallest absolute Gasteiger partial charge is 0.317 e. The van der Waals surface area contributed by atoms with E-state index in [-0.39, 0.29) is 12.1 Å². The molecule has 0 aromatic rings. The van der Waals surface area contributed by atoms with Gasteiger partial charge < -0.3 is 15.0 Å². The molecule has 4 nitrogen and oxygen atoms in total. The molecule has 3 aliphatic rings. The van der Waals surface area contributed by atoms with Gasteiger partial charge in [-0.05, 0) is 50.9 Å². The first kappa shape index (κ1) is 16.8. The van der Waals surface area contributed by atoms with Crippen LogP contribution in [-0.2, 0) is 4.74 Å². The first-order valence-corrected chi connectivity index (χ1v) is 9.63. The lowest BCUT2D eigenvalue weighted by Gasteiger charge is -2.32. The molecule has 1 saturated heterocycles. The minimum atomic E-state index is 0.141. The van der Waals surface area contributed by atoms with Crippen LogP contribution in [-0.4, -0.2) is 42.8 Å². The largest absolute Gasteiger partial charge is 0.376 e. The molecule has 2 atom stereocenters. The van der Waals surface area contributed by atoms with E-state index in [9.17, 15) is 4.79 Å². The zero-order valence-electron chi connectivity index (χ0n) is 14.3. The van der Waals surface area contributed by atoms with E-state index >= 15 is 0 Å². The molecule has 23 heavy (non-hydrogen) atoms. The monoisotopic (exact) mass is 320 g/mol. The number of carbonyl (C=O) groups excluding carboxylic acids is 1. The van der Waals surface area contributed by atoms with Gasteiger partial charge in [0.1, 0.15) is 0 Å². The van der Waals surface area contributed by atoms with E-state index in [4.69, 9.17) is 4.74 Å². The average molecular weight is 320 g/mol. The van der Waals surface area contributed by atoms with Crippen LogP contribution in [0.15, 0.2) is 12.2 Å². The van der Waals surface area contributed by atoms with Crippen LogP contribution in [0.3, 0.4) is 0 Å². The van der Waals surface area contributed by atoms with Crippen molar-refractivity contribution in [3.63, 3.8) is 0 Å². The molecule has 2 fully saturated rings. The first-order chi connectivity index (χ1) is 11.3. The SMILES string of the molecule is O=C(NC1CCCCC1)N(C[C@@H]1CC=CCC1)C[C@@H]1CCCO1. The second-order valence-corrected chi connectivity index (χ2v) is 7.47. The number of nitrogens with zero attached hydrogens (tertiary/aromatic N) is 1. The normalized spacial score (nSPS) is 28.7. The fourth-order valence-electron chi connectivity index (χ4n) is 4.12. The second kappa shape index (κ2) is 8.72. The van der Waals surface area contributed by atoms with E-state index < -0.39 is 0 Å². The molecule has 4 heteroatoms. The van der Waals surface area contributed by atoms with Gasteiger partial charge >= 0.3 is 6.03 Å². The molecule has 0 unspecified atom stereocenters. The molecule has 0 bridgehead atoms. The van der Waals surface area contributed by atoms with Gasteiger partial charge in [-0.2, -0.15) is 0 Å². The number of hydrogen-bond donors (Lipinski definition) is 1. The quantitative estimate of drug-likeness (QED) is 0.781. The van der Waals surface area contributed by atoms with E-state index in [0.29, 0.717) is 12.0 Å². The third-order valence-corrected chi connectivity index (χ3v) is 5.52. The van der Waals surface area contributed by atoms with Gasteiger partial charge in [-0.25, -0.2) is 4.79 Å². The van der Waals surface area contributed by atoms with Crippen LogP contribution in [0.4, 0.5) is 4.79 Å². The Labute approximate surface area is 140 Å². The fourth-order valence-corrected chi connectivity index (χ4v) is 4.12. The van der Waals surface area contributed by atoms with Crippen LogP contribution in [0.25, 0.3) is 0 Å².